The summed E-state index contributed by atoms with van der Waals surface area (Å²) in [5.74, 6) is -0.431. The Bertz CT molecular complexity index is 344. The van der Waals surface area contributed by atoms with Crippen molar-refractivity contribution in [2.45, 2.75) is 58.8 Å². The van der Waals surface area contributed by atoms with Gasteiger partial charge in [-0.2, -0.15) is 0 Å². The van der Waals surface area contributed by atoms with Crippen molar-refractivity contribution in [3.63, 3.8) is 0 Å². The van der Waals surface area contributed by atoms with Crippen molar-refractivity contribution in [2.24, 2.45) is 0 Å². The number of amides is 2. The fraction of sp³-hybridized carbons (Fsp3) is 0.857. The van der Waals surface area contributed by atoms with Crippen LogP contribution in [0.25, 0.3) is 0 Å². The van der Waals surface area contributed by atoms with Crippen LogP contribution in [0.2, 0.25) is 0 Å². The van der Waals surface area contributed by atoms with Crippen LogP contribution in [0.3, 0.4) is 0 Å². The highest BCUT2D eigenvalue weighted by molar-refractivity contribution is 5.85. The van der Waals surface area contributed by atoms with Gasteiger partial charge in [-0.05, 0) is 41.5 Å². The van der Waals surface area contributed by atoms with Crippen LogP contribution in [-0.4, -0.2) is 54.1 Å². The second-order valence-corrected chi connectivity index (χ2v) is 6.64. The predicted octanol–water partition coefficient (Wildman–Crippen LogP) is 0.803. The van der Waals surface area contributed by atoms with Gasteiger partial charge in [-0.25, -0.2) is 4.79 Å². The predicted molar refractivity (Wildman–Crippen MR) is 79.0 cm³/mol. The largest absolute Gasteiger partial charge is 0.444 e. The SMILES string of the molecule is CC(C)(C)OCC(NC(=O)OC(C)(C)C)C(=O)NCCO. The van der Waals surface area contributed by atoms with Crippen LogP contribution in [-0.2, 0) is 14.3 Å². The van der Waals surface area contributed by atoms with Gasteiger partial charge in [0.2, 0.25) is 5.91 Å². The second-order valence-electron chi connectivity index (χ2n) is 6.64. The number of aliphatic hydroxyl groups excluding tert-OH is 1. The van der Waals surface area contributed by atoms with Crippen molar-refractivity contribution in [1.29, 1.82) is 0 Å². The summed E-state index contributed by atoms with van der Waals surface area (Å²) in [6.07, 6.45) is -0.691. The molecule has 0 bridgehead atoms. The molecule has 0 saturated carbocycles. The van der Waals surface area contributed by atoms with E-state index >= 15 is 0 Å². The van der Waals surface area contributed by atoms with E-state index in [4.69, 9.17) is 14.6 Å². The molecule has 0 radical (unpaired) electrons. The fourth-order valence-electron chi connectivity index (χ4n) is 1.27. The average molecular weight is 304 g/mol. The first-order valence-corrected chi connectivity index (χ1v) is 6.96. The Balaban J connectivity index is 4.64. The minimum Gasteiger partial charge on any atom is -0.444 e. The Morgan fingerprint density at radius 1 is 1.10 bits per heavy atom. The van der Waals surface area contributed by atoms with E-state index in [-0.39, 0.29) is 19.8 Å². The first-order chi connectivity index (χ1) is 9.44. The lowest BCUT2D eigenvalue weighted by Crippen LogP contribution is -2.51. The lowest BCUT2D eigenvalue weighted by molar-refractivity contribution is -0.126. The zero-order valence-electron chi connectivity index (χ0n) is 13.8. The lowest BCUT2D eigenvalue weighted by atomic mass is 10.2. The standard InChI is InChI=1S/C14H28N2O5/c1-13(2,3)20-9-10(11(18)15-7-8-17)16-12(19)21-14(4,5)6/h10,17H,7-9H2,1-6H3,(H,15,18)(H,16,19). The molecule has 0 aromatic rings. The number of hydrogen-bond acceptors (Lipinski definition) is 5. The molecule has 0 rings (SSSR count). The molecule has 7 heteroatoms. The van der Waals surface area contributed by atoms with Gasteiger partial charge in [-0.3, -0.25) is 4.79 Å². The van der Waals surface area contributed by atoms with Crippen LogP contribution in [0, 0.1) is 0 Å². The molecule has 0 aliphatic rings. The molecule has 7 nitrogen and oxygen atoms in total. The van der Waals surface area contributed by atoms with Gasteiger partial charge in [0, 0.05) is 6.54 Å². The molecule has 0 aliphatic carbocycles. The molecule has 2 amide bonds. The van der Waals surface area contributed by atoms with Gasteiger partial charge in [0.1, 0.15) is 11.6 Å². The topological polar surface area (TPSA) is 96.9 Å². The van der Waals surface area contributed by atoms with E-state index in [0.29, 0.717) is 0 Å². The van der Waals surface area contributed by atoms with Crippen LogP contribution < -0.4 is 10.6 Å². The van der Waals surface area contributed by atoms with Gasteiger partial charge < -0.3 is 25.2 Å². The van der Waals surface area contributed by atoms with Crippen molar-refractivity contribution in [3.05, 3.63) is 0 Å². The maximum Gasteiger partial charge on any atom is 0.408 e. The number of alkyl carbamates (subject to hydrolysis) is 1. The summed E-state index contributed by atoms with van der Waals surface area (Å²) in [6.45, 7) is 10.7. The molecular formula is C14H28N2O5. The van der Waals surface area contributed by atoms with E-state index < -0.39 is 29.2 Å². The van der Waals surface area contributed by atoms with Crippen LogP contribution in [0.5, 0.6) is 0 Å². The van der Waals surface area contributed by atoms with Gasteiger partial charge >= 0.3 is 6.09 Å². The van der Waals surface area contributed by atoms with Crippen LogP contribution in [0.15, 0.2) is 0 Å². The van der Waals surface area contributed by atoms with Gasteiger partial charge in [-0.1, -0.05) is 0 Å². The molecule has 124 valence electrons. The Kier molecular flexibility index (Phi) is 7.67. The molecule has 1 unspecified atom stereocenters. The molecule has 0 aliphatic heterocycles. The van der Waals surface area contributed by atoms with Gasteiger partial charge in [0.25, 0.3) is 0 Å². The minimum atomic E-state index is -0.884. The van der Waals surface area contributed by atoms with E-state index in [1.54, 1.807) is 20.8 Å². The highest BCUT2D eigenvalue weighted by atomic mass is 16.6. The van der Waals surface area contributed by atoms with E-state index in [0.717, 1.165) is 0 Å². The van der Waals surface area contributed by atoms with Crippen molar-refractivity contribution < 1.29 is 24.2 Å². The number of nitrogens with one attached hydrogen (secondary N) is 2. The Morgan fingerprint density at radius 2 is 1.67 bits per heavy atom. The molecule has 0 spiro atoms. The van der Waals surface area contributed by atoms with E-state index in [9.17, 15) is 9.59 Å². The number of carbonyl (C=O) groups excluding carboxylic acids is 2. The van der Waals surface area contributed by atoms with E-state index in [1.807, 2.05) is 20.8 Å². The van der Waals surface area contributed by atoms with Crippen molar-refractivity contribution >= 4 is 12.0 Å². The number of hydrogen-bond donors (Lipinski definition) is 3. The monoisotopic (exact) mass is 304 g/mol. The summed E-state index contributed by atoms with van der Waals surface area (Å²) in [7, 11) is 0. The third-order valence-corrected chi connectivity index (χ3v) is 2.10. The molecule has 1 atom stereocenters. The third kappa shape index (κ3) is 11.0. The first-order valence-electron chi connectivity index (χ1n) is 6.96. The molecule has 0 fully saturated rings. The second kappa shape index (κ2) is 8.19. The zero-order chi connectivity index (χ0) is 16.7. The van der Waals surface area contributed by atoms with Gasteiger partial charge in [0.05, 0.1) is 18.8 Å². The van der Waals surface area contributed by atoms with Crippen molar-refractivity contribution in [2.75, 3.05) is 19.8 Å². The summed E-state index contributed by atoms with van der Waals surface area (Å²) in [5.41, 5.74) is -1.09. The van der Waals surface area contributed by atoms with E-state index in [2.05, 4.69) is 10.6 Å². The summed E-state index contributed by atoms with van der Waals surface area (Å²) >= 11 is 0. The lowest BCUT2D eigenvalue weighted by Gasteiger charge is -2.26. The summed E-state index contributed by atoms with van der Waals surface area (Å²) < 4.78 is 10.6. The van der Waals surface area contributed by atoms with Crippen LogP contribution in [0.1, 0.15) is 41.5 Å². The third-order valence-electron chi connectivity index (χ3n) is 2.10. The number of rotatable bonds is 6. The molecule has 0 heterocycles. The average Bonchev–Trinajstić information content (AvgIpc) is 2.27. The summed E-state index contributed by atoms with van der Waals surface area (Å²) in [6, 6.07) is -0.884. The maximum atomic E-state index is 11.9. The quantitative estimate of drug-likeness (QED) is 0.674. The van der Waals surface area contributed by atoms with E-state index in [1.165, 1.54) is 0 Å². The van der Waals surface area contributed by atoms with Crippen LogP contribution >= 0.6 is 0 Å². The smallest absolute Gasteiger partial charge is 0.408 e. The van der Waals surface area contributed by atoms with Crippen molar-refractivity contribution in [3.8, 4) is 0 Å². The molecule has 21 heavy (non-hydrogen) atoms. The Morgan fingerprint density at radius 3 is 2.10 bits per heavy atom. The highest BCUT2D eigenvalue weighted by Crippen LogP contribution is 2.09. The number of carbonyl (C=O) groups is 2. The zero-order valence-corrected chi connectivity index (χ0v) is 13.8. The normalized spacial score (nSPS) is 13.5. The Hall–Kier alpha value is -1.34. The number of ether oxygens (including phenoxy) is 2. The maximum absolute atomic E-state index is 11.9. The van der Waals surface area contributed by atoms with Gasteiger partial charge in [0.15, 0.2) is 0 Å². The molecule has 0 aromatic carbocycles. The summed E-state index contributed by atoms with van der Waals surface area (Å²) in [5, 5.41) is 13.7. The fourth-order valence-corrected chi connectivity index (χ4v) is 1.27. The molecule has 3 N–H and O–H groups in total. The number of aliphatic hydroxyl groups is 1. The molecular weight excluding hydrogens is 276 g/mol. The molecule has 0 saturated heterocycles. The Labute approximate surface area is 126 Å². The summed E-state index contributed by atoms with van der Waals surface area (Å²) in [4.78, 5) is 23.7. The molecule has 0 aromatic heterocycles. The first kappa shape index (κ1) is 19.7. The highest BCUT2D eigenvalue weighted by Gasteiger charge is 2.26. The minimum absolute atomic E-state index is 0.0139. The van der Waals surface area contributed by atoms with Gasteiger partial charge in [-0.15, -0.1) is 0 Å². The van der Waals surface area contributed by atoms with Crippen LogP contribution in [0.4, 0.5) is 4.79 Å². The van der Waals surface area contributed by atoms with Crippen molar-refractivity contribution in [1.82, 2.24) is 10.6 Å².